The molecule has 0 fully saturated rings. The topological polar surface area (TPSA) is 85.7 Å². The molecule has 0 radical (unpaired) electrons. The lowest BCUT2D eigenvalue weighted by Crippen LogP contribution is -2.46. The van der Waals surface area contributed by atoms with Gasteiger partial charge in [-0.3, -0.25) is 9.55 Å². The number of halogens is 1. The van der Waals surface area contributed by atoms with E-state index in [0.717, 1.165) is 11.8 Å². The molecule has 0 spiro atoms. The molecule has 0 amide bonds. The number of hydrogen-bond donors (Lipinski definition) is 1. The van der Waals surface area contributed by atoms with Gasteiger partial charge < -0.3 is 14.4 Å². The Morgan fingerprint density at radius 3 is 2.21 bits per heavy atom. The molecule has 3 atom stereocenters. The molecule has 180 valence electrons. The second kappa shape index (κ2) is 10.3. The molecule has 0 aliphatic rings. The number of pyridine rings is 1. The van der Waals surface area contributed by atoms with E-state index in [1.54, 1.807) is 18.2 Å². The molecule has 1 N–H and O–H groups in total. The second-order valence-electron chi connectivity index (χ2n) is 9.31. The van der Waals surface area contributed by atoms with E-state index in [-0.39, 0.29) is 17.1 Å². The van der Waals surface area contributed by atoms with Gasteiger partial charge in [-0.15, -0.1) is 6.58 Å². The predicted octanol–water partition coefficient (Wildman–Crippen LogP) is 5.64. The molecule has 0 aliphatic heterocycles. The molecule has 6 nitrogen and oxygen atoms in total. The summed E-state index contributed by atoms with van der Waals surface area (Å²) in [7, 11) is -1.91. The van der Waals surface area contributed by atoms with Gasteiger partial charge in [0.25, 0.3) is 0 Å². The van der Waals surface area contributed by atoms with Crippen molar-refractivity contribution in [2.24, 2.45) is 0 Å². The largest absolute Gasteiger partial charge is 0.423 e. The quantitative estimate of drug-likeness (QED) is 0.301. The van der Waals surface area contributed by atoms with Crippen molar-refractivity contribution in [3.63, 3.8) is 0 Å². The Balaban J connectivity index is 2.82. The van der Waals surface area contributed by atoms with E-state index in [9.17, 15) is 18.9 Å². The monoisotopic (exact) mass is 477 g/mol. The molecule has 33 heavy (non-hydrogen) atoms. The first-order chi connectivity index (χ1) is 15.3. The number of aromatic nitrogens is 1. The lowest BCUT2D eigenvalue weighted by Gasteiger charge is -2.30. The molecule has 3 unspecified atom stereocenters. The maximum atomic E-state index is 13.6. The van der Waals surface area contributed by atoms with Crippen LogP contribution in [0.2, 0.25) is 0 Å². The van der Waals surface area contributed by atoms with E-state index in [2.05, 4.69) is 6.58 Å². The Bertz CT molecular complexity index is 1040. The van der Waals surface area contributed by atoms with Gasteiger partial charge in [-0.2, -0.15) is 0 Å². The molecule has 8 heteroatoms. The van der Waals surface area contributed by atoms with E-state index in [1.165, 1.54) is 26.2 Å². The molecular weight excluding hydrogens is 444 g/mol. The van der Waals surface area contributed by atoms with Crippen LogP contribution < -0.4 is 4.74 Å². The maximum Gasteiger partial charge on any atom is 0.333 e. The minimum Gasteiger partial charge on any atom is -0.423 e. The molecule has 1 aromatic heterocycles. The zero-order chi connectivity index (χ0) is 25.1. The molecule has 0 bridgehead atoms. The van der Waals surface area contributed by atoms with Crippen LogP contribution in [0, 0.1) is 5.82 Å². The van der Waals surface area contributed by atoms with Crippen molar-refractivity contribution in [1.29, 1.82) is 0 Å². The highest BCUT2D eigenvalue weighted by atomic mass is 31.1. The van der Waals surface area contributed by atoms with Crippen molar-refractivity contribution in [2.45, 2.75) is 64.1 Å². The van der Waals surface area contributed by atoms with Crippen LogP contribution in [0.4, 0.5) is 4.39 Å². The van der Waals surface area contributed by atoms with Gasteiger partial charge in [0.15, 0.2) is 10.9 Å². The lowest BCUT2D eigenvalue weighted by atomic mass is 9.88. The van der Waals surface area contributed by atoms with E-state index >= 15 is 0 Å². The molecular formula is C25H33FNO5P. The number of hydrogen-bond acceptors (Lipinski definition) is 6. The van der Waals surface area contributed by atoms with Crippen molar-refractivity contribution >= 4 is 14.0 Å². The average molecular weight is 478 g/mol. The van der Waals surface area contributed by atoms with Crippen molar-refractivity contribution in [3.05, 3.63) is 60.2 Å². The number of carbonyl (C=O) groups excluding carboxylic acids is 1. The maximum absolute atomic E-state index is 13.6. The van der Waals surface area contributed by atoms with Crippen molar-refractivity contribution in [3.8, 4) is 16.9 Å². The van der Waals surface area contributed by atoms with E-state index in [0.29, 0.717) is 16.8 Å². The van der Waals surface area contributed by atoms with Crippen LogP contribution in [0.3, 0.4) is 0 Å². The van der Waals surface area contributed by atoms with Crippen molar-refractivity contribution < 1.29 is 28.1 Å². The first-order valence-electron chi connectivity index (χ1n) is 10.7. The lowest BCUT2D eigenvalue weighted by molar-refractivity contribution is -0.138. The second-order valence-corrected chi connectivity index (χ2v) is 11.1. The molecule has 0 saturated carbocycles. The number of benzene rings is 1. The van der Waals surface area contributed by atoms with E-state index in [1.807, 2.05) is 34.6 Å². The minimum atomic E-state index is -3.10. The Morgan fingerprint density at radius 2 is 1.79 bits per heavy atom. The number of esters is 1. The van der Waals surface area contributed by atoms with Crippen LogP contribution in [0.25, 0.3) is 11.1 Å². The summed E-state index contributed by atoms with van der Waals surface area (Å²) in [5, 5.41) is 8.43. The molecule has 0 saturated heterocycles. The fourth-order valence-corrected chi connectivity index (χ4v) is 4.45. The van der Waals surface area contributed by atoms with Crippen LogP contribution in [0.1, 0.15) is 58.8 Å². The van der Waals surface area contributed by atoms with Gasteiger partial charge >= 0.3 is 5.97 Å². The van der Waals surface area contributed by atoms with Crippen LogP contribution in [0.5, 0.6) is 5.75 Å². The van der Waals surface area contributed by atoms with Crippen molar-refractivity contribution in [2.75, 3.05) is 7.11 Å². The van der Waals surface area contributed by atoms with Gasteiger partial charge in [-0.1, -0.05) is 52.8 Å². The molecule has 0 aliphatic carbocycles. The summed E-state index contributed by atoms with van der Waals surface area (Å²) < 4.78 is 37.1. The number of rotatable bonds is 8. The number of carbonyl (C=O) groups is 1. The van der Waals surface area contributed by atoms with Gasteiger partial charge in [-0.25, -0.2) is 9.18 Å². The van der Waals surface area contributed by atoms with Gasteiger partial charge in [0.2, 0.25) is 8.03 Å². The number of aliphatic hydroxyl groups is 1. The summed E-state index contributed by atoms with van der Waals surface area (Å²) in [4.78, 5) is 18.2. The standard InChI is InChI=1S/C25H33FNO5P/c1-9-25(16(4)28,33(30)31-8)23(29)32-22-19(17-10-12-18(26)13-11-17)14-20(24(5,6)7)27-21(22)15(2)3/h9-16,28,33H,1H2,2-8H3. The first-order valence-corrected chi connectivity index (χ1v) is 12.0. The van der Waals surface area contributed by atoms with E-state index < -0.39 is 31.1 Å². The fraction of sp³-hybridized carbons (Fsp3) is 0.440. The number of ether oxygens (including phenoxy) is 1. The summed E-state index contributed by atoms with van der Waals surface area (Å²) in [6, 6.07) is 7.62. The third kappa shape index (κ3) is 5.43. The van der Waals surface area contributed by atoms with Crippen LogP contribution in [0.15, 0.2) is 43.0 Å². The molecule has 1 aromatic carbocycles. The number of aliphatic hydroxyl groups excluding tert-OH is 1. The Hall–Kier alpha value is -2.34. The average Bonchev–Trinajstić information content (AvgIpc) is 2.73. The summed E-state index contributed by atoms with van der Waals surface area (Å²) in [6.07, 6.45) is -0.277. The summed E-state index contributed by atoms with van der Waals surface area (Å²) in [5.41, 5.74) is 2.12. The highest BCUT2D eigenvalue weighted by Crippen LogP contribution is 2.46. The van der Waals surface area contributed by atoms with Gasteiger partial charge in [0.05, 0.1) is 11.8 Å². The summed E-state index contributed by atoms with van der Waals surface area (Å²) in [6.45, 7) is 14.8. The van der Waals surface area contributed by atoms with Gasteiger partial charge in [0, 0.05) is 23.8 Å². The molecule has 1 heterocycles. The third-order valence-corrected chi connectivity index (χ3v) is 7.38. The Labute approximate surface area is 195 Å². The van der Waals surface area contributed by atoms with Gasteiger partial charge in [-0.05, 0) is 36.6 Å². The van der Waals surface area contributed by atoms with Crippen LogP contribution >= 0.6 is 8.03 Å². The smallest absolute Gasteiger partial charge is 0.333 e. The zero-order valence-corrected chi connectivity index (χ0v) is 21.2. The Morgan fingerprint density at radius 1 is 1.21 bits per heavy atom. The highest BCUT2D eigenvalue weighted by Gasteiger charge is 2.49. The molecule has 2 aromatic rings. The SMILES string of the molecule is C=CC(C(=O)Oc1c(-c2ccc(F)cc2)cc(C(C)(C)C)nc1C(C)C)(C(C)O)[PH](=O)OC. The number of nitrogens with zero attached hydrogens (tertiary/aromatic N) is 1. The van der Waals surface area contributed by atoms with Crippen LogP contribution in [-0.4, -0.2) is 34.4 Å². The predicted molar refractivity (Wildman–Crippen MR) is 129 cm³/mol. The highest BCUT2D eigenvalue weighted by molar-refractivity contribution is 7.43. The van der Waals surface area contributed by atoms with Crippen molar-refractivity contribution in [1.82, 2.24) is 4.98 Å². The minimum absolute atomic E-state index is 0.140. The summed E-state index contributed by atoms with van der Waals surface area (Å²) >= 11 is 0. The van der Waals surface area contributed by atoms with E-state index in [4.69, 9.17) is 14.2 Å². The third-order valence-electron chi connectivity index (χ3n) is 5.51. The zero-order valence-electron chi connectivity index (χ0n) is 20.2. The Kier molecular flexibility index (Phi) is 8.39. The van der Waals surface area contributed by atoms with Crippen LogP contribution in [-0.2, 0) is 19.3 Å². The summed E-state index contributed by atoms with van der Waals surface area (Å²) in [5.74, 6) is -1.34. The van der Waals surface area contributed by atoms with Gasteiger partial charge in [0.1, 0.15) is 5.82 Å². The first kappa shape index (κ1) is 26.9. The fourth-order valence-electron chi connectivity index (χ4n) is 3.39. The molecule has 2 rings (SSSR count). The normalized spacial score (nSPS) is 15.6.